The molecule has 2 aromatic rings. The quantitative estimate of drug-likeness (QED) is 0.664. The van der Waals surface area contributed by atoms with Crippen molar-refractivity contribution in [2.24, 2.45) is 5.92 Å². The Balaban J connectivity index is 1.97. The Morgan fingerprint density at radius 3 is 2.96 bits per heavy atom. The molecule has 3 atom stereocenters. The van der Waals surface area contributed by atoms with E-state index < -0.39 is 0 Å². The van der Waals surface area contributed by atoms with Gasteiger partial charge in [0.25, 0.3) is 0 Å². The van der Waals surface area contributed by atoms with Crippen LogP contribution in [0.25, 0.3) is 0 Å². The molecule has 0 bridgehead atoms. The van der Waals surface area contributed by atoms with Gasteiger partial charge in [0.2, 0.25) is 0 Å². The first-order valence-electron chi connectivity index (χ1n) is 7.83. The molecule has 2 heterocycles. The van der Waals surface area contributed by atoms with E-state index in [2.05, 4.69) is 10.3 Å². The van der Waals surface area contributed by atoms with Crippen LogP contribution in [0.3, 0.4) is 0 Å². The standard InChI is InChI=1S/C17H21N3O2S/c1-2-22-17(21)15-13(11-4-3-5-12(18)8-11)9-19-10-14(15)16-20-6-7-23-16/h3-8,13-15,19H,2,9-10,18H2,1H3. The number of benzene rings is 1. The zero-order chi connectivity index (χ0) is 16.2. The van der Waals surface area contributed by atoms with Gasteiger partial charge in [-0.05, 0) is 24.6 Å². The number of rotatable bonds is 4. The number of nitrogens with two attached hydrogens (primary N) is 1. The van der Waals surface area contributed by atoms with Crippen molar-refractivity contribution in [3.8, 4) is 0 Å². The van der Waals surface area contributed by atoms with Crippen LogP contribution in [0.4, 0.5) is 5.69 Å². The summed E-state index contributed by atoms with van der Waals surface area (Å²) < 4.78 is 5.37. The Morgan fingerprint density at radius 1 is 1.43 bits per heavy atom. The van der Waals surface area contributed by atoms with Crippen LogP contribution in [0.2, 0.25) is 0 Å². The zero-order valence-electron chi connectivity index (χ0n) is 13.1. The fourth-order valence-corrected chi connectivity index (χ4v) is 4.06. The summed E-state index contributed by atoms with van der Waals surface area (Å²) in [5.74, 6) is -0.347. The minimum absolute atomic E-state index is 0.0224. The number of carbonyl (C=O) groups excluding carboxylic acids is 1. The van der Waals surface area contributed by atoms with Crippen molar-refractivity contribution in [3.05, 3.63) is 46.4 Å². The maximum atomic E-state index is 12.7. The molecule has 1 saturated heterocycles. The average Bonchev–Trinajstić information content (AvgIpc) is 3.08. The van der Waals surface area contributed by atoms with E-state index in [-0.39, 0.29) is 23.7 Å². The third-order valence-corrected chi connectivity index (χ3v) is 5.17. The van der Waals surface area contributed by atoms with Crippen LogP contribution in [-0.2, 0) is 9.53 Å². The summed E-state index contributed by atoms with van der Waals surface area (Å²) in [4.78, 5) is 17.1. The monoisotopic (exact) mass is 331 g/mol. The van der Waals surface area contributed by atoms with E-state index in [1.54, 1.807) is 17.5 Å². The molecule has 0 aliphatic carbocycles. The van der Waals surface area contributed by atoms with E-state index in [0.29, 0.717) is 12.3 Å². The Hall–Kier alpha value is -1.92. The molecule has 23 heavy (non-hydrogen) atoms. The van der Waals surface area contributed by atoms with E-state index in [1.165, 1.54) is 0 Å². The largest absolute Gasteiger partial charge is 0.466 e. The van der Waals surface area contributed by atoms with E-state index in [1.807, 2.05) is 36.6 Å². The van der Waals surface area contributed by atoms with E-state index >= 15 is 0 Å². The van der Waals surface area contributed by atoms with Crippen LogP contribution < -0.4 is 11.1 Å². The number of anilines is 1. The fourth-order valence-electron chi connectivity index (χ4n) is 3.27. The number of nitrogen functional groups attached to an aromatic ring is 1. The number of aromatic nitrogens is 1. The van der Waals surface area contributed by atoms with Gasteiger partial charge in [0, 0.05) is 42.2 Å². The number of hydrogen-bond acceptors (Lipinski definition) is 6. The lowest BCUT2D eigenvalue weighted by Crippen LogP contribution is -2.45. The average molecular weight is 331 g/mol. The molecule has 5 nitrogen and oxygen atoms in total. The van der Waals surface area contributed by atoms with Crippen LogP contribution in [0.1, 0.15) is 29.3 Å². The van der Waals surface area contributed by atoms with Crippen molar-refractivity contribution in [2.45, 2.75) is 18.8 Å². The first-order chi connectivity index (χ1) is 11.2. The maximum absolute atomic E-state index is 12.7. The molecule has 1 aliphatic rings. The zero-order valence-corrected chi connectivity index (χ0v) is 13.9. The summed E-state index contributed by atoms with van der Waals surface area (Å²) in [7, 11) is 0. The molecule has 6 heteroatoms. The summed E-state index contributed by atoms with van der Waals surface area (Å²) in [6, 6.07) is 7.76. The highest BCUT2D eigenvalue weighted by molar-refractivity contribution is 7.09. The molecular formula is C17H21N3O2S. The van der Waals surface area contributed by atoms with Gasteiger partial charge in [-0.3, -0.25) is 4.79 Å². The second kappa shape index (κ2) is 7.10. The van der Waals surface area contributed by atoms with Gasteiger partial charge in [-0.2, -0.15) is 0 Å². The van der Waals surface area contributed by atoms with E-state index in [9.17, 15) is 4.79 Å². The highest BCUT2D eigenvalue weighted by Crippen LogP contribution is 2.40. The predicted octanol–water partition coefficient (Wildman–Crippen LogP) is 2.38. The van der Waals surface area contributed by atoms with Crippen molar-refractivity contribution in [1.29, 1.82) is 0 Å². The normalized spacial score (nSPS) is 24.3. The molecule has 0 radical (unpaired) electrons. The molecule has 3 N–H and O–H groups in total. The molecule has 1 fully saturated rings. The number of nitrogens with zero attached hydrogens (tertiary/aromatic N) is 1. The summed E-state index contributed by atoms with van der Waals surface area (Å²) in [6.07, 6.45) is 1.78. The van der Waals surface area contributed by atoms with Crippen LogP contribution in [0.5, 0.6) is 0 Å². The van der Waals surface area contributed by atoms with Crippen LogP contribution in [0, 0.1) is 5.92 Å². The molecule has 3 unspecified atom stereocenters. The molecule has 1 aromatic carbocycles. The molecule has 1 aromatic heterocycles. The Morgan fingerprint density at radius 2 is 2.26 bits per heavy atom. The van der Waals surface area contributed by atoms with Gasteiger partial charge in [-0.15, -0.1) is 11.3 Å². The predicted molar refractivity (Wildman–Crippen MR) is 91.4 cm³/mol. The van der Waals surface area contributed by atoms with Gasteiger partial charge in [-0.1, -0.05) is 12.1 Å². The second-order valence-electron chi connectivity index (χ2n) is 5.69. The van der Waals surface area contributed by atoms with Crippen molar-refractivity contribution in [3.63, 3.8) is 0 Å². The number of thiazole rings is 1. The number of esters is 1. The highest BCUT2D eigenvalue weighted by atomic mass is 32.1. The van der Waals surface area contributed by atoms with Crippen molar-refractivity contribution in [2.75, 3.05) is 25.4 Å². The van der Waals surface area contributed by atoms with Crippen LogP contribution >= 0.6 is 11.3 Å². The van der Waals surface area contributed by atoms with Gasteiger partial charge >= 0.3 is 5.97 Å². The Labute approximate surface area is 139 Å². The van der Waals surface area contributed by atoms with Gasteiger partial charge in [0.1, 0.15) is 0 Å². The lowest BCUT2D eigenvalue weighted by Gasteiger charge is -2.36. The summed E-state index contributed by atoms with van der Waals surface area (Å²) >= 11 is 1.59. The number of ether oxygens (including phenoxy) is 1. The third-order valence-electron chi connectivity index (χ3n) is 4.26. The first-order valence-corrected chi connectivity index (χ1v) is 8.70. The van der Waals surface area contributed by atoms with Gasteiger partial charge in [-0.25, -0.2) is 4.98 Å². The SMILES string of the molecule is CCOC(=O)C1C(c2cccc(N)c2)CNCC1c1nccs1. The minimum Gasteiger partial charge on any atom is -0.466 e. The molecule has 0 amide bonds. The lowest BCUT2D eigenvalue weighted by atomic mass is 9.75. The smallest absolute Gasteiger partial charge is 0.310 e. The number of hydrogen-bond donors (Lipinski definition) is 2. The number of piperidine rings is 1. The molecule has 122 valence electrons. The number of carbonyl (C=O) groups is 1. The minimum atomic E-state index is -0.246. The van der Waals surface area contributed by atoms with E-state index in [4.69, 9.17) is 10.5 Å². The topological polar surface area (TPSA) is 77.2 Å². The van der Waals surface area contributed by atoms with Gasteiger partial charge < -0.3 is 15.8 Å². The fraction of sp³-hybridized carbons (Fsp3) is 0.412. The Kier molecular flexibility index (Phi) is 4.93. The van der Waals surface area contributed by atoms with Crippen LogP contribution in [-0.4, -0.2) is 30.6 Å². The second-order valence-corrected chi connectivity index (χ2v) is 6.62. The molecule has 1 aliphatic heterocycles. The summed E-state index contributed by atoms with van der Waals surface area (Å²) in [5, 5.41) is 6.36. The van der Waals surface area contributed by atoms with Gasteiger partial charge in [0.15, 0.2) is 0 Å². The molecule has 0 saturated carbocycles. The van der Waals surface area contributed by atoms with Gasteiger partial charge in [0.05, 0.1) is 17.5 Å². The molecular weight excluding hydrogens is 310 g/mol. The third kappa shape index (κ3) is 3.38. The number of nitrogens with one attached hydrogen (secondary N) is 1. The van der Waals surface area contributed by atoms with Crippen molar-refractivity contribution < 1.29 is 9.53 Å². The van der Waals surface area contributed by atoms with E-state index in [0.717, 1.165) is 23.7 Å². The lowest BCUT2D eigenvalue weighted by molar-refractivity contribution is -0.150. The van der Waals surface area contributed by atoms with Crippen molar-refractivity contribution >= 4 is 23.0 Å². The summed E-state index contributed by atoms with van der Waals surface area (Å²) in [5.41, 5.74) is 7.70. The molecule has 0 spiro atoms. The molecule has 3 rings (SSSR count). The first kappa shape index (κ1) is 16.0. The van der Waals surface area contributed by atoms with Crippen molar-refractivity contribution in [1.82, 2.24) is 10.3 Å². The Bertz CT molecular complexity index is 660. The highest BCUT2D eigenvalue weighted by Gasteiger charge is 2.42. The van der Waals surface area contributed by atoms with Crippen LogP contribution in [0.15, 0.2) is 35.8 Å². The maximum Gasteiger partial charge on any atom is 0.310 e. The summed E-state index contributed by atoms with van der Waals surface area (Å²) in [6.45, 7) is 3.69.